The van der Waals surface area contributed by atoms with E-state index >= 15 is 0 Å². The van der Waals surface area contributed by atoms with E-state index in [-0.39, 0.29) is 11.8 Å². The predicted molar refractivity (Wildman–Crippen MR) is 67.7 cm³/mol. The highest BCUT2D eigenvalue weighted by Gasteiger charge is 2.22. The number of nitrogens with one attached hydrogen (secondary N) is 1. The molecule has 0 aromatic heterocycles. The predicted octanol–water partition coefficient (Wildman–Crippen LogP) is 2.21. The summed E-state index contributed by atoms with van der Waals surface area (Å²) >= 11 is 5.93. The molecule has 1 aromatic carbocycles. The number of ketones is 1. The van der Waals surface area contributed by atoms with Crippen molar-refractivity contribution in [1.82, 2.24) is 5.32 Å². The van der Waals surface area contributed by atoms with E-state index in [1.54, 1.807) is 25.3 Å². The van der Waals surface area contributed by atoms with Gasteiger partial charge in [-0.1, -0.05) is 11.6 Å². The van der Waals surface area contributed by atoms with Gasteiger partial charge in [0.2, 0.25) is 0 Å². The van der Waals surface area contributed by atoms with Crippen LogP contribution in [0.25, 0.3) is 0 Å². The van der Waals surface area contributed by atoms with E-state index in [0.717, 1.165) is 30.7 Å². The van der Waals surface area contributed by atoms with Crippen LogP contribution in [0.1, 0.15) is 18.4 Å². The van der Waals surface area contributed by atoms with Gasteiger partial charge in [-0.15, -0.1) is 0 Å². The molecule has 1 aliphatic rings. The molecule has 1 fully saturated rings. The van der Waals surface area contributed by atoms with Gasteiger partial charge in [0, 0.05) is 17.0 Å². The lowest BCUT2D eigenvalue weighted by Gasteiger charge is -2.11. The Morgan fingerprint density at radius 2 is 2.41 bits per heavy atom. The SMILES string of the molecule is COc1ccc(Cl)cc1CC(=O)C1CCCN1. The number of carbonyl (C=O) groups is 1. The number of ether oxygens (including phenoxy) is 1. The summed E-state index contributed by atoms with van der Waals surface area (Å²) < 4.78 is 5.23. The molecule has 17 heavy (non-hydrogen) atoms. The molecule has 1 aliphatic heterocycles. The Kier molecular flexibility index (Phi) is 4.02. The zero-order valence-corrected chi connectivity index (χ0v) is 10.6. The maximum absolute atomic E-state index is 12.0. The van der Waals surface area contributed by atoms with Crippen molar-refractivity contribution in [3.05, 3.63) is 28.8 Å². The summed E-state index contributed by atoms with van der Waals surface area (Å²) in [6, 6.07) is 5.36. The van der Waals surface area contributed by atoms with Gasteiger partial charge in [0.1, 0.15) is 5.75 Å². The van der Waals surface area contributed by atoms with Crippen LogP contribution in [0.3, 0.4) is 0 Å². The molecule has 1 saturated heterocycles. The van der Waals surface area contributed by atoms with E-state index in [1.165, 1.54) is 0 Å². The molecule has 0 bridgehead atoms. The highest BCUT2D eigenvalue weighted by atomic mass is 35.5. The lowest BCUT2D eigenvalue weighted by Crippen LogP contribution is -2.31. The van der Waals surface area contributed by atoms with Gasteiger partial charge >= 0.3 is 0 Å². The van der Waals surface area contributed by atoms with Gasteiger partial charge in [0.15, 0.2) is 5.78 Å². The maximum Gasteiger partial charge on any atom is 0.154 e. The summed E-state index contributed by atoms with van der Waals surface area (Å²) in [5.74, 6) is 0.934. The Labute approximate surface area is 106 Å². The number of rotatable bonds is 4. The van der Waals surface area contributed by atoms with Crippen molar-refractivity contribution >= 4 is 17.4 Å². The second-order valence-electron chi connectivity index (χ2n) is 4.25. The van der Waals surface area contributed by atoms with Crippen LogP contribution in [-0.4, -0.2) is 25.5 Å². The van der Waals surface area contributed by atoms with Gasteiger partial charge < -0.3 is 10.1 Å². The summed E-state index contributed by atoms with van der Waals surface area (Å²) in [5, 5.41) is 3.84. The molecule has 1 aromatic rings. The fourth-order valence-corrected chi connectivity index (χ4v) is 2.35. The quantitative estimate of drug-likeness (QED) is 0.894. The second kappa shape index (κ2) is 5.52. The van der Waals surface area contributed by atoms with Crippen molar-refractivity contribution in [2.45, 2.75) is 25.3 Å². The number of hydrogen-bond acceptors (Lipinski definition) is 3. The Bertz CT molecular complexity index is 414. The Morgan fingerprint density at radius 1 is 1.59 bits per heavy atom. The van der Waals surface area contributed by atoms with Gasteiger partial charge in [-0.3, -0.25) is 4.79 Å². The first kappa shape index (κ1) is 12.4. The molecule has 0 aliphatic carbocycles. The lowest BCUT2D eigenvalue weighted by atomic mass is 10.0. The van der Waals surface area contributed by atoms with Crippen molar-refractivity contribution in [1.29, 1.82) is 0 Å². The molecule has 1 unspecified atom stereocenters. The Morgan fingerprint density at radius 3 is 3.06 bits per heavy atom. The Balaban J connectivity index is 2.11. The molecule has 92 valence electrons. The van der Waals surface area contributed by atoms with Crippen molar-refractivity contribution in [3.8, 4) is 5.75 Å². The minimum Gasteiger partial charge on any atom is -0.496 e. The van der Waals surface area contributed by atoms with Crippen molar-refractivity contribution in [2.24, 2.45) is 0 Å². The van der Waals surface area contributed by atoms with Gasteiger partial charge in [-0.25, -0.2) is 0 Å². The molecular weight excluding hydrogens is 238 g/mol. The van der Waals surface area contributed by atoms with E-state index in [4.69, 9.17) is 16.3 Å². The summed E-state index contributed by atoms with van der Waals surface area (Å²) in [6.07, 6.45) is 2.38. The van der Waals surface area contributed by atoms with Crippen LogP contribution in [0.2, 0.25) is 5.02 Å². The molecule has 1 atom stereocenters. The van der Waals surface area contributed by atoms with Crippen LogP contribution in [0.15, 0.2) is 18.2 Å². The number of benzene rings is 1. The first-order valence-corrected chi connectivity index (χ1v) is 6.17. The molecule has 0 saturated carbocycles. The number of Topliss-reactive ketones (excluding diaryl/α,β-unsaturated/α-hetero) is 1. The van der Waals surface area contributed by atoms with Gasteiger partial charge in [0.05, 0.1) is 13.2 Å². The summed E-state index contributed by atoms with van der Waals surface area (Å²) in [4.78, 5) is 12.0. The molecule has 1 heterocycles. The van der Waals surface area contributed by atoms with Crippen LogP contribution in [0.4, 0.5) is 0 Å². The molecule has 0 spiro atoms. The van der Waals surface area contributed by atoms with E-state index in [0.29, 0.717) is 11.4 Å². The maximum atomic E-state index is 12.0. The molecule has 2 rings (SSSR count). The first-order chi connectivity index (χ1) is 8.20. The van der Waals surface area contributed by atoms with Crippen molar-refractivity contribution < 1.29 is 9.53 Å². The average Bonchev–Trinajstić information content (AvgIpc) is 2.83. The number of halogens is 1. The molecule has 4 heteroatoms. The third-order valence-corrected chi connectivity index (χ3v) is 3.29. The molecule has 0 amide bonds. The lowest BCUT2D eigenvalue weighted by molar-refractivity contribution is -0.120. The zero-order chi connectivity index (χ0) is 12.3. The van der Waals surface area contributed by atoms with E-state index in [2.05, 4.69) is 5.32 Å². The number of carbonyl (C=O) groups excluding carboxylic acids is 1. The van der Waals surface area contributed by atoms with E-state index < -0.39 is 0 Å². The topological polar surface area (TPSA) is 38.3 Å². The van der Waals surface area contributed by atoms with E-state index in [9.17, 15) is 4.79 Å². The van der Waals surface area contributed by atoms with Gasteiger partial charge in [-0.2, -0.15) is 0 Å². The fraction of sp³-hybridized carbons (Fsp3) is 0.462. The largest absolute Gasteiger partial charge is 0.496 e. The second-order valence-corrected chi connectivity index (χ2v) is 4.68. The van der Waals surface area contributed by atoms with Crippen LogP contribution < -0.4 is 10.1 Å². The minimum atomic E-state index is -0.00122. The first-order valence-electron chi connectivity index (χ1n) is 5.79. The third kappa shape index (κ3) is 2.99. The summed E-state index contributed by atoms with van der Waals surface area (Å²) in [7, 11) is 1.60. The summed E-state index contributed by atoms with van der Waals surface area (Å²) in [5.41, 5.74) is 0.860. The fourth-order valence-electron chi connectivity index (χ4n) is 2.16. The monoisotopic (exact) mass is 253 g/mol. The third-order valence-electron chi connectivity index (χ3n) is 3.06. The van der Waals surface area contributed by atoms with E-state index in [1.807, 2.05) is 0 Å². The highest BCUT2D eigenvalue weighted by Crippen LogP contribution is 2.24. The zero-order valence-electron chi connectivity index (χ0n) is 9.83. The van der Waals surface area contributed by atoms with Gasteiger partial charge in [0.25, 0.3) is 0 Å². The molecule has 1 N–H and O–H groups in total. The van der Waals surface area contributed by atoms with Crippen molar-refractivity contribution in [3.63, 3.8) is 0 Å². The smallest absolute Gasteiger partial charge is 0.154 e. The molecular formula is C13H16ClNO2. The average molecular weight is 254 g/mol. The van der Waals surface area contributed by atoms with Crippen LogP contribution in [0, 0.1) is 0 Å². The standard InChI is InChI=1S/C13H16ClNO2/c1-17-13-5-4-10(14)7-9(13)8-12(16)11-3-2-6-15-11/h4-5,7,11,15H,2-3,6,8H2,1H3. The van der Waals surface area contributed by atoms with Crippen LogP contribution >= 0.6 is 11.6 Å². The minimum absolute atomic E-state index is 0.00122. The molecule has 0 radical (unpaired) electrons. The number of methoxy groups -OCH3 is 1. The number of hydrogen-bond donors (Lipinski definition) is 1. The van der Waals surface area contributed by atoms with Crippen molar-refractivity contribution in [2.75, 3.05) is 13.7 Å². The normalized spacial score (nSPS) is 19.3. The highest BCUT2D eigenvalue weighted by molar-refractivity contribution is 6.30. The van der Waals surface area contributed by atoms with Gasteiger partial charge in [-0.05, 0) is 37.6 Å². The van der Waals surface area contributed by atoms with Crippen LogP contribution in [-0.2, 0) is 11.2 Å². The van der Waals surface area contributed by atoms with Crippen LogP contribution in [0.5, 0.6) is 5.75 Å². The summed E-state index contributed by atoms with van der Waals surface area (Å²) in [6.45, 7) is 0.934. The molecule has 3 nitrogen and oxygen atoms in total. The Hall–Kier alpha value is -1.06.